The molecule has 3 aliphatic rings. The fourth-order valence-electron chi connectivity index (χ4n) is 4.74. The van der Waals surface area contributed by atoms with E-state index in [1.807, 2.05) is 11.8 Å². The van der Waals surface area contributed by atoms with Gasteiger partial charge in [-0.25, -0.2) is 0 Å². The SMILES string of the molecule is CC1=C2c3c4c(ccn4C4=CSC(C=C1)C42)c1ccccc1[n+]3C. The highest BCUT2D eigenvalue weighted by atomic mass is 32.2. The van der Waals surface area contributed by atoms with Gasteiger partial charge in [-0.15, -0.1) is 11.8 Å². The van der Waals surface area contributed by atoms with Crippen molar-refractivity contribution in [3.8, 4) is 0 Å². The molecule has 2 atom stereocenters. The van der Waals surface area contributed by atoms with Gasteiger partial charge >= 0.3 is 0 Å². The van der Waals surface area contributed by atoms with Gasteiger partial charge in [-0.3, -0.25) is 0 Å². The Morgan fingerprint density at radius 1 is 1.12 bits per heavy atom. The van der Waals surface area contributed by atoms with Crippen LogP contribution in [0.5, 0.6) is 0 Å². The van der Waals surface area contributed by atoms with Gasteiger partial charge in [-0.05, 0) is 30.0 Å². The average Bonchev–Trinajstić information content (AvgIpc) is 3.22. The van der Waals surface area contributed by atoms with Crippen LogP contribution in [0.2, 0.25) is 0 Å². The number of hydrogen-bond donors (Lipinski definition) is 0. The number of nitrogens with zero attached hydrogens (tertiary/aromatic N) is 2. The van der Waals surface area contributed by atoms with Crippen molar-refractivity contribution in [1.82, 2.24) is 4.57 Å². The summed E-state index contributed by atoms with van der Waals surface area (Å²) in [4.78, 5) is 0. The molecule has 2 aromatic heterocycles. The van der Waals surface area contributed by atoms with Gasteiger partial charge in [0, 0.05) is 40.1 Å². The van der Waals surface area contributed by atoms with E-state index in [9.17, 15) is 0 Å². The molecule has 0 bridgehead atoms. The van der Waals surface area contributed by atoms with Crippen LogP contribution in [0.4, 0.5) is 0 Å². The third kappa shape index (κ3) is 1.35. The van der Waals surface area contributed by atoms with Crippen LogP contribution in [0.15, 0.2) is 59.7 Å². The number of thioether (sulfide) groups is 1. The highest BCUT2D eigenvalue weighted by Gasteiger charge is 2.44. The number of allylic oxidation sites excluding steroid dienone is 4. The maximum Gasteiger partial charge on any atom is 0.234 e. The third-order valence-corrected chi connectivity index (χ3v) is 6.92. The largest absolute Gasteiger partial charge is 0.313 e. The van der Waals surface area contributed by atoms with E-state index in [0.717, 1.165) is 0 Å². The summed E-state index contributed by atoms with van der Waals surface area (Å²) in [6.07, 6.45) is 6.96. The number of aryl methyl sites for hydroxylation is 1. The highest BCUT2D eigenvalue weighted by molar-refractivity contribution is 8.03. The Morgan fingerprint density at radius 3 is 2.92 bits per heavy atom. The molecule has 4 heterocycles. The molecule has 3 heteroatoms. The Labute approximate surface area is 144 Å². The van der Waals surface area contributed by atoms with E-state index in [4.69, 9.17) is 0 Å². The van der Waals surface area contributed by atoms with Crippen LogP contribution in [0, 0.1) is 5.92 Å². The fraction of sp³-hybridized carbons (Fsp3) is 0.190. The summed E-state index contributed by atoms with van der Waals surface area (Å²) < 4.78 is 4.84. The first-order chi connectivity index (χ1) is 11.8. The quantitative estimate of drug-likeness (QED) is 0.551. The summed E-state index contributed by atoms with van der Waals surface area (Å²) >= 11 is 1.96. The van der Waals surface area contributed by atoms with Gasteiger partial charge in [0.25, 0.3) is 0 Å². The lowest BCUT2D eigenvalue weighted by Crippen LogP contribution is -2.39. The van der Waals surface area contributed by atoms with Gasteiger partial charge in [-0.1, -0.05) is 24.3 Å². The molecule has 2 nitrogen and oxygen atoms in total. The molecule has 1 aliphatic carbocycles. The molecule has 0 saturated carbocycles. The van der Waals surface area contributed by atoms with Gasteiger partial charge in [0.2, 0.25) is 11.2 Å². The number of aromatic nitrogens is 2. The lowest BCUT2D eigenvalue weighted by Gasteiger charge is -2.31. The minimum absolute atomic E-state index is 0.482. The lowest BCUT2D eigenvalue weighted by molar-refractivity contribution is -0.646. The van der Waals surface area contributed by atoms with E-state index >= 15 is 0 Å². The molecule has 2 aliphatic heterocycles. The summed E-state index contributed by atoms with van der Waals surface area (Å²) in [5.41, 5.74) is 8.44. The number of benzene rings is 1. The summed E-state index contributed by atoms with van der Waals surface area (Å²) in [5.74, 6) is 0.482. The van der Waals surface area contributed by atoms with Crippen molar-refractivity contribution in [2.24, 2.45) is 13.0 Å². The number of hydrogen-bond acceptors (Lipinski definition) is 1. The standard InChI is InChI=1S/C21H17N2S/c1-12-7-8-17-19-16(11-24-17)23-10-9-14-13-5-3-4-6-15(13)22(2)21(18(12)19)20(14)23/h3-11,17,19H,1-2H3/q+1. The Hall–Kier alpha value is -2.26. The van der Waals surface area contributed by atoms with Gasteiger partial charge in [-0.2, -0.15) is 4.57 Å². The van der Waals surface area contributed by atoms with E-state index in [-0.39, 0.29) is 0 Å². The van der Waals surface area contributed by atoms with Crippen molar-refractivity contribution in [3.63, 3.8) is 0 Å². The molecule has 0 saturated heterocycles. The average molecular weight is 329 g/mol. The van der Waals surface area contributed by atoms with E-state index in [0.29, 0.717) is 11.2 Å². The van der Waals surface area contributed by atoms with Crippen molar-refractivity contribution >= 4 is 44.8 Å². The minimum Gasteiger partial charge on any atom is -0.313 e. The van der Waals surface area contributed by atoms with Crippen LogP contribution in [0.1, 0.15) is 12.6 Å². The summed E-state index contributed by atoms with van der Waals surface area (Å²) in [5, 5.41) is 5.61. The van der Waals surface area contributed by atoms with Gasteiger partial charge < -0.3 is 4.57 Å². The van der Waals surface area contributed by atoms with Crippen molar-refractivity contribution in [2.75, 3.05) is 0 Å². The summed E-state index contributed by atoms with van der Waals surface area (Å²) in [6, 6.07) is 11.1. The zero-order valence-corrected chi connectivity index (χ0v) is 14.5. The molecular formula is C21H17N2S+. The van der Waals surface area contributed by atoms with Crippen molar-refractivity contribution in [1.29, 1.82) is 0 Å². The molecule has 116 valence electrons. The van der Waals surface area contributed by atoms with Crippen molar-refractivity contribution in [3.05, 3.63) is 65.4 Å². The van der Waals surface area contributed by atoms with Crippen LogP contribution in [-0.4, -0.2) is 9.82 Å². The number of fused-ring (bicyclic) bond motifs is 4. The lowest BCUT2D eigenvalue weighted by atomic mass is 9.80. The van der Waals surface area contributed by atoms with Crippen LogP contribution >= 0.6 is 11.8 Å². The van der Waals surface area contributed by atoms with Gasteiger partial charge in [0.1, 0.15) is 12.6 Å². The molecule has 1 aromatic carbocycles. The van der Waals surface area contributed by atoms with Crippen LogP contribution in [0.25, 0.3) is 33.1 Å². The maximum absolute atomic E-state index is 2.44. The molecule has 3 aromatic rings. The zero-order valence-electron chi connectivity index (χ0n) is 13.7. The molecule has 2 unspecified atom stereocenters. The molecule has 6 rings (SSSR count). The molecule has 0 N–H and O–H groups in total. The van der Waals surface area contributed by atoms with Crippen LogP contribution in [0.3, 0.4) is 0 Å². The number of rotatable bonds is 0. The molecule has 24 heavy (non-hydrogen) atoms. The monoisotopic (exact) mass is 329 g/mol. The summed E-state index contributed by atoms with van der Waals surface area (Å²) in [6.45, 7) is 2.27. The molecule has 0 amide bonds. The molecular weight excluding hydrogens is 312 g/mol. The second-order valence-corrected chi connectivity index (χ2v) is 8.00. The molecule has 0 fully saturated rings. The van der Waals surface area contributed by atoms with Crippen molar-refractivity contribution < 1.29 is 4.57 Å². The van der Waals surface area contributed by atoms with E-state index in [1.165, 1.54) is 44.3 Å². The molecule has 0 radical (unpaired) electrons. The Balaban J connectivity index is 1.91. The normalized spacial score (nSPS) is 24.0. The van der Waals surface area contributed by atoms with E-state index in [2.05, 4.69) is 77.2 Å². The second kappa shape index (κ2) is 4.22. The van der Waals surface area contributed by atoms with Crippen molar-refractivity contribution in [2.45, 2.75) is 12.2 Å². The number of para-hydroxylation sites is 1. The predicted octanol–water partition coefficient (Wildman–Crippen LogP) is 4.51. The highest BCUT2D eigenvalue weighted by Crippen LogP contribution is 2.54. The third-order valence-electron chi connectivity index (χ3n) is 5.80. The fourth-order valence-corrected chi connectivity index (χ4v) is 5.90. The van der Waals surface area contributed by atoms with E-state index < -0.39 is 0 Å². The zero-order chi connectivity index (χ0) is 16.0. The van der Waals surface area contributed by atoms with E-state index in [1.54, 1.807) is 0 Å². The molecule has 0 spiro atoms. The van der Waals surface area contributed by atoms with Gasteiger partial charge in [0.05, 0.1) is 5.39 Å². The topological polar surface area (TPSA) is 8.81 Å². The Kier molecular flexibility index (Phi) is 2.30. The van der Waals surface area contributed by atoms with Crippen LogP contribution in [-0.2, 0) is 7.05 Å². The first kappa shape index (κ1) is 13.1. The number of pyridine rings is 1. The smallest absolute Gasteiger partial charge is 0.234 e. The second-order valence-electron chi connectivity index (χ2n) is 6.95. The Morgan fingerprint density at radius 2 is 2.00 bits per heavy atom. The summed E-state index contributed by atoms with van der Waals surface area (Å²) in [7, 11) is 2.22. The predicted molar refractivity (Wildman–Crippen MR) is 101 cm³/mol. The van der Waals surface area contributed by atoms with Gasteiger partial charge in [0.15, 0.2) is 0 Å². The first-order valence-electron chi connectivity index (χ1n) is 8.43. The van der Waals surface area contributed by atoms with Crippen LogP contribution < -0.4 is 4.57 Å². The first-order valence-corrected chi connectivity index (χ1v) is 9.37. The minimum atomic E-state index is 0.482. The maximum atomic E-state index is 2.44. The Bertz CT molecular complexity index is 1160.